The van der Waals surface area contributed by atoms with Crippen LogP contribution in [-0.4, -0.2) is 21.7 Å². The molecule has 5 nitrogen and oxygen atoms in total. The quantitative estimate of drug-likeness (QED) is 0.912. The number of hydrogen-bond donors (Lipinski definition) is 1. The van der Waals surface area contributed by atoms with Crippen molar-refractivity contribution in [3.63, 3.8) is 0 Å². The number of nitrogens with zero attached hydrogens (tertiary/aromatic N) is 3. The van der Waals surface area contributed by atoms with Gasteiger partial charge in [0.05, 0.1) is 12.3 Å². The third kappa shape index (κ3) is 2.13. The molecule has 17 heavy (non-hydrogen) atoms. The maximum Gasteiger partial charge on any atom is 0.435 e. The second-order valence-electron chi connectivity index (χ2n) is 3.23. The molecule has 0 saturated carbocycles. The van der Waals surface area contributed by atoms with Crippen LogP contribution in [0.15, 0.2) is 0 Å². The lowest BCUT2D eigenvalue weighted by Gasteiger charge is -2.04. The van der Waals surface area contributed by atoms with Crippen LogP contribution >= 0.6 is 11.3 Å². The fourth-order valence-corrected chi connectivity index (χ4v) is 2.31. The Hall–Kier alpha value is -1.19. The van der Waals surface area contributed by atoms with Crippen LogP contribution in [0.25, 0.3) is 4.96 Å². The van der Waals surface area contributed by atoms with Crippen molar-refractivity contribution in [2.45, 2.75) is 19.3 Å². The summed E-state index contributed by atoms with van der Waals surface area (Å²) in [4.78, 5) is 3.69. The Bertz CT molecular complexity index is 533. The molecule has 2 aromatic heterocycles. The van der Waals surface area contributed by atoms with E-state index in [2.05, 4.69) is 10.1 Å². The molecule has 0 aromatic carbocycles. The van der Waals surface area contributed by atoms with Crippen molar-refractivity contribution in [1.29, 1.82) is 0 Å². The summed E-state index contributed by atoms with van der Waals surface area (Å²) in [6.45, 7) is -0.0362. The number of imidazole rings is 1. The fraction of sp³-hybridized carbons (Fsp3) is 0.500. The molecule has 0 amide bonds. The van der Waals surface area contributed by atoms with Crippen LogP contribution in [-0.2, 0) is 24.1 Å². The van der Waals surface area contributed by atoms with E-state index in [0.717, 1.165) is 15.9 Å². The number of fused-ring (bicyclic) bond motifs is 1. The number of rotatable bonds is 3. The molecule has 0 bridgehead atoms. The molecule has 0 atom stereocenters. The highest BCUT2D eigenvalue weighted by Crippen LogP contribution is 2.32. The highest BCUT2D eigenvalue weighted by molar-refractivity contribution is 7.16. The van der Waals surface area contributed by atoms with Crippen molar-refractivity contribution >= 4 is 16.3 Å². The fourth-order valence-electron chi connectivity index (χ4n) is 1.42. The molecule has 2 rings (SSSR count). The number of nitrogens with two attached hydrogens (primary N) is 1. The highest BCUT2D eigenvalue weighted by Gasteiger charge is 2.38. The van der Waals surface area contributed by atoms with Crippen LogP contribution in [0.4, 0.5) is 13.2 Å². The van der Waals surface area contributed by atoms with Gasteiger partial charge in [-0.1, -0.05) is 11.3 Å². The SMILES string of the molecule is COCc1nn2c(CN)c(C(F)(F)F)nc2s1. The van der Waals surface area contributed by atoms with Crippen molar-refractivity contribution in [3.05, 3.63) is 16.4 Å². The summed E-state index contributed by atoms with van der Waals surface area (Å²) >= 11 is 1.05. The van der Waals surface area contributed by atoms with Gasteiger partial charge in [0.25, 0.3) is 0 Å². The average molecular weight is 266 g/mol. The molecule has 0 unspecified atom stereocenters. The van der Waals surface area contributed by atoms with Crippen molar-refractivity contribution < 1.29 is 17.9 Å². The maximum atomic E-state index is 12.6. The van der Waals surface area contributed by atoms with Gasteiger partial charge in [-0.15, -0.1) is 0 Å². The first-order valence-corrected chi connectivity index (χ1v) is 5.42. The summed E-state index contributed by atoms with van der Waals surface area (Å²) in [6.07, 6.45) is -4.51. The van der Waals surface area contributed by atoms with Gasteiger partial charge in [0.2, 0.25) is 4.96 Å². The van der Waals surface area contributed by atoms with Gasteiger partial charge in [-0.05, 0) is 0 Å². The van der Waals surface area contributed by atoms with E-state index in [1.54, 1.807) is 0 Å². The molecule has 0 saturated heterocycles. The number of halogens is 3. The average Bonchev–Trinajstić information content (AvgIpc) is 2.73. The minimum Gasteiger partial charge on any atom is -0.377 e. The van der Waals surface area contributed by atoms with Gasteiger partial charge in [-0.25, -0.2) is 9.50 Å². The molecule has 2 heterocycles. The number of alkyl halides is 3. The van der Waals surface area contributed by atoms with Gasteiger partial charge in [-0.2, -0.15) is 18.3 Å². The van der Waals surface area contributed by atoms with Crippen LogP contribution in [0.5, 0.6) is 0 Å². The van der Waals surface area contributed by atoms with E-state index in [4.69, 9.17) is 10.5 Å². The Balaban J connectivity index is 2.55. The molecule has 0 radical (unpaired) electrons. The lowest BCUT2D eigenvalue weighted by Crippen LogP contribution is -2.13. The summed E-state index contributed by atoms with van der Waals surface area (Å²) in [5, 5.41) is 4.53. The molecule has 94 valence electrons. The first-order valence-electron chi connectivity index (χ1n) is 4.61. The van der Waals surface area contributed by atoms with Gasteiger partial charge in [-0.3, -0.25) is 0 Å². The molecular formula is C8H9F3N4OS. The second kappa shape index (κ2) is 4.24. The van der Waals surface area contributed by atoms with Gasteiger partial charge in [0.15, 0.2) is 5.69 Å². The minimum atomic E-state index is -4.51. The Morgan fingerprint density at radius 2 is 2.18 bits per heavy atom. The topological polar surface area (TPSA) is 65.4 Å². The van der Waals surface area contributed by atoms with Crippen molar-refractivity contribution in [1.82, 2.24) is 14.6 Å². The largest absolute Gasteiger partial charge is 0.435 e. The molecule has 0 aliphatic carbocycles. The first-order chi connectivity index (χ1) is 7.97. The van der Waals surface area contributed by atoms with E-state index in [1.165, 1.54) is 7.11 Å². The summed E-state index contributed by atoms with van der Waals surface area (Å²) in [5.74, 6) is 0. The molecular weight excluding hydrogens is 257 g/mol. The summed E-state index contributed by atoms with van der Waals surface area (Å²) in [5.41, 5.74) is 4.21. The van der Waals surface area contributed by atoms with Crippen molar-refractivity contribution in [2.24, 2.45) is 5.73 Å². The van der Waals surface area contributed by atoms with E-state index < -0.39 is 11.9 Å². The molecule has 2 N–H and O–H groups in total. The van der Waals surface area contributed by atoms with E-state index in [1.807, 2.05) is 0 Å². The molecule has 2 aromatic rings. The van der Waals surface area contributed by atoms with E-state index in [0.29, 0.717) is 5.01 Å². The van der Waals surface area contributed by atoms with Crippen LogP contribution in [0.3, 0.4) is 0 Å². The molecule has 0 fully saturated rings. The lowest BCUT2D eigenvalue weighted by molar-refractivity contribution is -0.141. The predicted molar refractivity (Wildman–Crippen MR) is 54.5 cm³/mol. The first kappa shape index (κ1) is 12.3. The zero-order chi connectivity index (χ0) is 12.6. The monoisotopic (exact) mass is 266 g/mol. The third-order valence-electron chi connectivity index (χ3n) is 2.07. The highest BCUT2D eigenvalue weighted by atomic mass is 32.1. The molecule has 0 aliphatic rings. The van der Waals surface area contributed by atoms with Gasteiger partial charge >= 0.3 is 6.18 Å². The second-order valence-corrected chi connectivity index (χ2v) is 4.27. The van der Waals surface area contributed by atoms with Crippen LogP contribution in [0.2, 0.25) is 0 Å². The smallest absolute Gasteiger partial charge is 0.377 e. The van der Waals surface area contributed by atoms with Crippen LogP contribution in [0, 0.1) is 0 Å². The molecule has 9 heteroatoms. The Kier molecular flexibility index (Phi) is 3.06. The van der Waals surface area contributed by atoms with Crippen molar-refractivity contribution in [3.8, 4) is 0 Å². The minimum absolute atomic E-state index is 0.133. The zero-order valence-corrected chi connectivity index (χ0v) is 9.60. The number of hydrogen-bond acceptors (Lipinski definition) is 5. The number of ether oxygens (including phenoxy) is 1. The third-order valence-corrected chi connectivity index (χ3v) is 2.95. The van der Waals surface area contributed by atoms with Crippen LogP contribution < -0.4 is 5.73 Å². The Morgan fingerprint density at radius 3 is 2.71 bits per heavy atom. The lowest BCUT2D eigenvalue weighted by atomic mass is 10.3. The number of aromatic nitrogens is 3. The summed E-state index contributed by atoms with van der Waals surface area (Å²) in [6, 6.07) is 0. The zero-order valence-electron chi connectivity index (χ0n) is 8.78. The number of methoxy groups -OCH3 is 1. The Labute approximate surface area is 98.0 Å². The van der Waals surface area contributed by atoms with Crippen LogP contribution in [0.1, 0.15) is 16.4 Å². The molecule has 0 aliphatic heterocycles. The van der Waals surface area contributed by atoms with E-state index in [9.17, 15) is 13.2 Å². The summed E-state index contributed by atoms with van der Waals surface area (Å²) in [7, 11) is 1.48. The normalized spacial score (nSPS) is 12.5. The van der Waals surface area contributed by atoms with Gasteiger partial charge in [0.1, 0.15) is 5.01 Å². The van der Waals surface area contributed by atoms with E-state index in [-0.39, 0.29) is 23.8 Å². The summed E-state index contributed by atoms with van der Waals surface area (Å²) < 4.78 is 43.8. The van der Waals surface area contributed by atoms with Gasteiger partial charge in [0, 0.05) is 13.7 Å². The standard InChI is InChI=1S/C8H9F3N4OS/c1-16-3-5-14-15-4(2-12)6(8(9,10)11)13-7(15)17-5/h2-3,12H2,1H3. The van der Waals surface area contributed by atoms with Crippen molar-refractivity contribution in [2.75, 3.05) is 7.11 Å². The van der Waals surface area contributed by atoms with E-state index >= 15 is 0 Å². The molecule has 0 spiro atoms. The maximum absolute atomic E-state index is 12.6. The van der Waals surface area contributed by atoms with Gasteiger partial charge < -0.3 is 10.5 Å². The Morgan fingerprint density at radius 1 is 1.47 bits per heavy atom. The predicted octanol–water partition coefficient (Wildman–Crippen LogP) is 1.41.